The number of nitrogens with one attached hydrogen (secondary N) is 1. The molecule has 3 N–H and O–H groups in total. The van der Waals surface area contributed by atoms with Crippen LogP contribution in [0.15, 0.2) is 11.4 Å². The molecule has 7 heteroatoms. The molecule has 2 aromatic heterocycles. The number of amides is 1. The Morgan fingerprint density at radius 1 is 1.65 bits per heavy atom. The maximum atomic E-state index is 11.7. The van der Waals surface area contributed by atoms with E-state index in [2.05, 4.69) is 15.4 Å². The SMILES string of the molecule is Cc1cc(NC(=O)Cc2csc(N)n2)nn1C. The second kappa shape index (κ2) is 4.54. The number of hydrogen-bond acceptors (Lipinski definition) is 5. The molecule has 6 nitrogen and oxygen atoms in total. The van der Waals surface area contributed by atoms with E-state index < -0.39 is 0 Å². The number of aromatic nitrogens is 3. The maximum Gasteiger partial charge on any atom is 0.231 e. The lowest BCUT2D eigenvalue weighted by Gasteiger charge is -1.98. The van der Waals surface area contributed by atoms with E-state index in [0.717, 1.165) is 5.69 Å². The second-order valence-electron chi connectivity index (χ2n) is 3.70. The van der Waals surface area contributed by atoms with Gasteiger partial charge < -0.3 is 11.1 Å². The molecular formula is C10H13N5OS. The molecule has 2 heterocycles. The molecular weight excluding hydrogens is 238 g/mol. The van der Waals surface area contributed by atoms with Gasteiger partial charge in [-0.15, -0.1) is 11.3 Å². The Balaban J connectivity index is 1.97. The lowest BCUT2D eigenvalue weighted by atomic mass is 10.3. The quantitative estimate of drug-likeness (QED) is 0.850. The van der Waals surface area contributed by atoms with E-state index >= 15 is 0 Å². The second-order valence-corrected chi connectivity index (χ2v) is 4.59. The van der Waals surface area contributed by atoms with Gasteiger partial charge in [0, 0.05) is 24.2 Å². The van der Waals surface area contributed by atoms with Gasteiger partial charge >= 0.3 is 0 Å². The first-order valence-electron chi connectivity index (χ1n) is 5.05. The number of anilines is 2. The lowest BCUT2D eigenvalue weighted by molar-refractivity contribution is -0.115. The van der Waals surface area contributed by atoms with Gasteiger partial charge in [0.05, 0.1) is 12.1 Å². The Morgan fingerprint density at radius 3 is 2.94 bits per heavy atom. The predicted molar refractivity (Wildman–Crippen MR) is 66.8 cm³/mol. The van der Waals surface area contributed by atoms with Crippen molar-refractivity contribution in [1.82, 2.24) is 14.8 Å². The van der Waals surface area contributed by atoms with Crippen molar-refractivity contribution in [2.75, 3.05) is 11.1 Å². The number of thiazole rings is 1. The minimum absolute atomic E-state index is 0.145. The standard InChI is InChI=1S/C10H13N5OS/c1-6-3-8(14-15(6)2)13-9(16)4-7-5-17-10(11)12-7/h3,5H,4H2,1-2H3,(H2,11,12)(H,13,14,16). The number of carbonyl (C=O) groups is 1. The molecule has 1 amide bonds. The molecule has 0 spiro atoms. The lowest BCUT2D eigenvalue weighted by Crippen LogP contribution is -2.15. The van der Waals surface area contributed by atoms with Gasteiger partial charge in [-0.2, -0.15) is 5.10 Å². The molecule has 2 aromatic rings. The third-order valence-electron chi connectivity index (χ3n) is 2.29. The van der Waals surface area contributed by atoms with E-state index in [-0.39, 0.29) is 12.3 Å². The summed E-state index contributed by atoms with van der Waals surface area (Å²) < 4.78 is 1.70. The Morgan fingerprint density at radius 2 is 2.41 bits per heavy atom. The van der Waals surface area contributed by atoms with Crippen molar-refractivity contribution >= 4 is 28.2 Å². The first-order valence-corrected chi connectivity index (χ1v) is 5.93. The number of hydrogen-bond donors (Lipinski definition) is 2. The Kier molecular flexibility index (Phi) is 3.10. The van der Waals surface area contributed by atoms with Crippen LogP contribution >= 0.6 is 11.3 Å². The molecule has 0 saturated carbocycles. The smallest absolute Gasteiger partial charge is 0.231 e. The van der Waals surface area contributed by atoms with Crippen LogP contribution in [-0.4, -0.2) is 20.7 Å². The number of nitrogen functional groups attached to an aromatic ring is 1. The molecule has 2 rings (SSSR count). The van der Waals surface area contributed by atoms with Crippen LogP contribution in [-0.2, 0) is 18.3 Å². The molecule has 17 heavy (non-hydrogen) atoms. The van der Waals surface area contributed by atoms with Crippen LogP contribution in [0.1, 0.15) is 11.4 Å². The predicted octanol–water partition coefficient (Wildman–Crippen LogP) is 0.948. The van der Waals surface area contributed by atoms with Gasteiger partial charge in [-0.3, -0.25) is 9.48 Å². The third kappa shape index (κ3) is 2.82. The van der Waals surface area contributed by atoms with Gasteiger partial charge in [0.2, 0.25) is 5.91 Å². The summed E-state index contributed by atoms with van der Waals surface area (Å²) in [5.41, 5.74) is 7.15. The van der Waals surface area contributed by atoms with Gasteiger partial charge in [0.15, 0.2) is 10.9 Å². The first-order chi connectivity index (χ1) is 8.04. The Bertz CT molecular complexity index is 525. The number of carbonyl (C=O) groups excluding carboxylic acids is 1. The molecule has 0 saturated heterocycles. The summed E-state index contributed by atoms with van der Waals surface area (Å²) in [6, 6.07) is 1.81. The molecule has 0 fully saturated rings. The first kappa shape index (κ1) is 11.6. The van der Waals surface area contributed by atoms with Crippen molar-refractivity contribution < 1.29 is 4.79 Å². The summed E-state index contributed by atoms with van der Waals surface area (Å²) in [6.45, 7) is 1.92. The third-order valence-corrected chi connectivity index (χ3v) is 3.02. The van der Waals surface area contributed by atoms with Gasteiger partial charge in [0.1, 0.15) is 0 Å². The molecule has 0 unspecified atom stereocenters. The fourth-order valence-corrected chi connectivity index (χ4v) is 1.94. The largest absolute Gasteiger partial charge is 0.375 e. The molecule has 0 aliphatic carbocycles. The summed E-state index contributed by atoms with van der Waals surface area (Å²) in [7, 11) is 1.83. The minimum Gasteiger partial charge on any atom is -0.375 e. The van der Waals surface area contributed by atoms with Gasteiger partial charge in [-0.05, 0) is 6.92 Å². The fourth-order valence-electron chi connectivity index (χ4n) is 1.38. The van der Waals surface area contributed by atoms with Gasteiger partial charge in [-0.1, -0.05) is 0 Å². The van der Waals surface area contributed by atoms with Gasteiger partial charge in [0.25, 0.3) is 0 Å². The number of rotatable bonds is 3. The van der Waals surface area contributed by atoms with Crippen molar-refractivity contribution in [3.63, 3.8) is 0 Å². The normalized spacial score (nSPS) is 10.5. The summed E-state index contributed by atoms with van der Waals surface area (Å²) in [4.78, 5) is 15.7. The molecule has 0 aliphatic rings. The summed E-state index contributed by atoms with van der Waals surface area (Å²) in [5.74, 6) is 0.409. The molecule has 0 radical (unpaired) electrons. The minimum atomic E-state index is -0.145. The average Bonchev–Trinajstić information content (AvgIpc) is 2.75. The van der Waals surface area contributed by atoms with E-state index in [4.69, 9.17) is 5.73 Å². The van der Waals surface area contributed by atoms with E-state index in [1.54, 1.807) is 10.1 Å². The van der Waals surface area contributed by atoms with Crippen LogP contribution in [0.2, 0.25) is 0 Å². The van der Waals surface area contributed by atoms with Crippen LogP contribution in [0.5, 0.6) is 0 Å². The highest BCUT2D eigenvalue weighted by Crippen LogP contribution is 2.12. The molecule has 0 bridgehead atoms. The van der Waals surface area contributed by atoms with Crippen LogP contribution in [0.25, 0.3) is 0 Å². The molecule has 90 valence electrons. The van der Waals surface area contributed by atoms with Crippen molar-refractivity contribution in [1.29, 1.82) is 0 Å². The highest BCUT2D eigenvalue weighted by Gasteiger charge is 2.09. The van der Waals surface area contributed by atoms with E-state index in [1.165, 1.54) is 11.3 Å². The Labute approximate surface area is 102 Å². The molecule has 0 atom stereocenters. The fraction of sp³-hybridized carbons (Fsp3) is 0.300. The topological polar surface area (TPSA) is 85.8 Å². The van der Waals surface area contributed by atoms with Crippen molar-refractivity contribution in [3.05, 3.63) is 22.8 Å². The van der Waals surface area contributed by atoms with Crippen molar-refractivity contribution in [2.45, 2.75) is 13.3 Å². The number of nitrogens with two attached hydrogens (primary N) is 1. The van der Waals surface area contributed by atoms with E-state index in [0.29, 0.717) is 16.6 Å². The maximum absolute atomic E-state index is 11.7. The average molecular weight is 251 g/mol. The highest BCUT2D eigenvalue weighted by molar-refractivity contribution is 7.13. The number of nitrogens with zero attached hydrogens (tertiary/aromatic N) is 3. The van der Waals surface area contributed by atoms with Crippen LogP contribution < -0.4 is 11.1 Å². The number of aryl methyl sites for hydroxylation is 2. The van der Waals surface area contributed by atoms with E-state index in [1.807, 2.05) is 20.0 Å². The van der Waals surface area contributed by atoms with Crippen LogP contribution in [0, 0.1) is 6.92 Å². The summed E-state index contributed by atoms with van der Waals surface area (Å²) in [6.07, 6.45) is 0.212. The van der Waals surface area contributed by atoms with Gasteiger partial charge in [-0.25, -0.2) is 4.98 Å². The molecule has 0 aliphatic heterocycles. The highest BCUT2D eigenvalue weighted by atomic mass is 32.1. The van der Waals surface area contributed by atoms with Crippen molar-refractivity contribution in [3.8, 4) is 0 Å². The van der Waals surface area contributed by atoms with E-state index in [9.17, 15) is 4.79 Å². The summed E-state index contributed by atoms with van der Waals surface area (Å²) in [5, 5.41) is 9.10. The zero-order chi connectivity index (χ0) is 12.4. The zero-order valence-electron chi connectivity index (χ0n) is 9.60. The summed E-state index contributed by atoms with van der Waals surface area (Å²) >= 11 is 1.33. The monoisotopic (exact) mass is 251 g/mol. The van der Waals surface area contributed by atoms with Crippen molar-refractivity contribution in [2.24, 2.45) is 7.05 Å². The molecule has 0 aromatic carbocycles. The van der Waals surface area contributed by atoms with Crippen LogP contribution in [0.3, 0.4) is 0 Å². The Hall–Kier alpha value is -1.89. The van der Waals surface area contributed by atoms with Crippen LogP contribution in [0.4, 0.5) is 10.9 Å². The zero-order valence-corrected chi connectivity index (χ0v) is 10.4.